The molecule has 0 radical (unpaired) electrons. The Morgan fingerprint density at radius 2 is 2.07 bits per heavy atom. The highest BCUT2D eigenvalue weighted by Gasteiger charge is 2.39. The number of hydrogen-bond donors (Lipinski definition) is 1. The second-order valence-corrected chi connectivity index (χ2v) is 6.62. The zero-order chi connectivity index (χ0) is 11.1. The summed E-state index contributed by atoms with van der Waals surface area (Å²) in [7, 11) is -2.97. The summed E-state index contributed by atoms with van der Waals surface area (Å²) in [5.74, 6) is -0.0605. The smallest absolute Gasteiger partial charge is 0.226 e. The number of rotatable bonds is 2. The van der Waals surface area contributed by atoms with Crippen LogP contribution in [0.4, 0.5) is 0 Å². The van der Waals surface area contributed by atoms with Gasteiger partial charge in [-0.05, 0) is 6.42 Å². The van der Waals surface area contributed by atoms with Crippen molar-refractivity contribution < 1.29 is 18.3 Å². The van der Waals surface area contributed by atoms with Crippen LogP contribution in [0.5, 0.6) is 0 Å². The molecule has 0 bridgehead atoms. The van der Waals surface area contributed by atoms with Crippen molar-refractivity contribution in [3.05, 3.63) is 0 Å². The number of hydrogen-bond acceptors (Lipinski definition) is 4. The van der Waals surface area contributed by atoms with Crippen LogP contribution in [-0.2, 0) is 14.6 Å². The molecule has 2 rings (SSSR count). The lowest BCUT2D eigenvalue weighted by atomic mass is 9.98. The molecule has 15 heavy (non-hydrogen) atoms. The topological polar surface area (TPSA) is 74.7 Å². The highest BCUT2D eigenvalue weighted by molar-refractivity contribution is 7.91. The molecule has 0 spiro atoms. The van der Waals surface area contributed by atoms with E-state index < -0.39 is 9.84 Å². The van der Waals surface area contributed by atoms with Gasteiger partial charge in [0.2, 0.25) is 5.91 Å². The minimum absolute atomic E-state index is 0.00608. The molecule has 6 heteroatoms. The van der Waals surface area contributed by atoms with Crippen LogP contribution < -0.4 is 0 Å². The molecule has 1 atom stereocenters. The first-order chi connectivity index (χ1) is 7.02. The van der Waals surface area contributed by atoms with Crippen molar-refractivity contribution in [2.24, 2.45) is 11.8 Å². The van der Waals surface area contributed by atoms with Crippen molar-refractivity contribution in [3.8, 4) is 0 Å². The molecule has 86 valence electrons. The number of aliphatic hydroxyl groups excluding tert-OH is 1. The van der Waals surface area contributed by atoms with E-state index in [1.165, 1.54) is 0 Å². The first-order valence-electron chi connectivity index (χ1n) is 5.12. The fourth-order valence-corrected chi connectivity index (χ4v) is 3.85. The normalized spacial score (nSPS) is 30.2. The highest BCUT2D eigenvalue weighted by Crippen LogP contribution is 2.24. The average Bonchev–Trinajstić information content (AvgIpc) is 2.44. The predicted molar refractivity (Wildman–Crippen MR) is 53.9 cm³/mol. The van der Waals surface area contributed by atoms with Gasteiger partial charge in [-0.2, -0.15) is 0 Å². The third kappa shape index (κ3) is 2.15. The van der Waals surface area contributed by atoms with Gasteiger partial charge in [-0.25, -0.2) is 8.42 Å². The van der Waals surface area contributed by atoms with E-state index in [-0.39, 0.29) is 35.9 Å². The molecule has 2 aliphatic rings. The van der Waals surface area contributed by atoms with Crippen LogP contribution in [-0.4, -0.2) is 55.5 Å². The van der Waals surface area contributed by atoms with Gasteiger partial charge < -0.3 is 10.0 Å². The van der Waals surface area contributed by atoms with Crippen molar-refractivity contribution in [3.63, 3.8) is 0 Å². The van der Waals surface area contributed by atoms with Crippen LogP contribution in [0.15, 0.2) is 0 Å². The molecule has 0 aromatic heterocycles. The Morgan fingerprint density at radius 3 is 2.53 bits per heavy atom. The molecule has 2 fully saturated rings. The second-order valence-electron chi connectivity index (χ2n) is 4.39. The zero-order valence-electron chi connectivity index (χ0n) is 8.42. The molecule has 1 N–H and O–H groups in total. The standard InChI is InChI=1S/C9H15NO4S/c11-5-7-3-10(4-7)9(12)8-1-2-15(13,14)6-8/h7-8,11H,1-6H2. The minimum atomic E-state index is -2.97. The van der Waals surface area contributed by atoms with E-state index in [2.05, 4.69) is 0 Å². The maximum atomic E-state index is 11.8. The minimum Gasteiger partial charge on any atom is -0.396 e. The van der Waals surface area contributed by atoms with Crippen molar-refractivity contribution >= 4 is 15.7 Å². The molecular formula is C9H15NO4S. The molecule has 2 saturated heterocycles. The maximum Gasteiger partial charge on any atom is 0.226 e. The summed E-state index contributed by atoms with van der Waals surface area (Å²) in [4.78, 5) is 13.4. The second kappa shape index (κ2) is 3.75. The van der Waals surface area contributed by atoms with E-state index in [0.717, 1.165) is 0 Å². The summed E-state index contributed by atoms with van der Waals surface area (Å²) in [5.41, 5.74) is 0. The van der Waals surface area contributed by atoms with E-state index in [9.17, 15) is 13.2 Å². The van der Waals surface area contributed by atoms with E-state index in [1.807, 2.05) is 0 Å². The molecular weight excluding hydrogens is 218 g/mol. The monoisotopic (exact) mass is 233 g/mol. The molecule has 0 aliphatic carbocycles. The maximum absolute atomic E-state index is 11.8. The molecule has 5 nitrogen and oxygen atoms in total. The number of carbonyl (C=O) groups is 1. The Hall–Kier alpha value is -0.620. The van der Waals surface area contributed by atoms with Crippen LogP contribution in [0.2, 0.25) is 0 Å². The first kappa shape index (κ1) is 10.9. The molecule has 0 aromatic carbocycles. The molecule has 2 heterocycles. The largest absolute Gasteiger partial charge is 0.396 e. The van der Waals surface area contributed by atoms with Crippen LogP contribution in [0.1, 0.15) is 6.42 Å². The van der Waals surface area contributed by atoms with Crippen LogP contribution in [0.25, 0.3) is 0 Å². The zero-order valence-corrected chi connectivity index (χ0v) is 9.24. The van der Waals surface area contributed by atoms with Crippen molar-refractivity contribution in [1.82, 2.24) is 4.90 Å². The summed E-state index contributed by atoms with van der Waals surface area (Å²) in [6.07, 6.45) is 0.460. The third-order valence-corrected chi connectivity index (χ3v) is 4.88. The summed E-state index contributed by atoms with van der Waals surface area (Å²) < 4.78 is 22.4. The van der Waals surface area contributed by atoms with Gasteiger partial charge in [0.05, 0.1) is 17.4 Å². The van der Waals surface area contributed by atoms with Gasteiger partial charge in [0, 0.05) is 25.6 Å². The number of nitrogens with zero attached hydrogens (tertiary/aromatic N) is 1. The fraction of sp³-hybridized carbons (Fsp3) is 0.889. The predicted octanol–water partition coefficient (Wildman–Crippen LogP) is -1.13. The summed E-state index contributed by atoms with van der Waals surface area (Å²) in [6.45, 7) is 1.25. The third-order valence-electron chi connectivity index (χ3n) is 3.11. The molecule has 0 saturated carbocycles. The number of carbonyl (C=O) groups excluding carboxylic acids is 1. The van der Waals surface area contributed by atoms with Gasteiger partial charge in [-0.3, -0.25) is 4.79 Å². The number of amides is 1. The van der Waals surface area contributed by atoms with Crippen LogP contribution >= 0.6 is 0 Å². The van der Waals surface area contributed by atoms with Crippen molar-refractivity contribution in [2.45, 2.75) is 6.42 Å². The Labute approximate surface area is 89.0 Å². The highest BCUT2D eigenvalue weighted by atomic mass is 32.2. The quantitative estimate of drug-likeness (QED) is 0.655. The fourth-order valence-electron chi connectivity index (χ4n) is 2.11. The SMILES string of the molecule is O=C(C1CCS(=O)(=O)C1)N1CC(CO)C1. The van der Waals surface area contributed by atoms with Gasteiger partial charge in [0.1, 0.15) is 0 Å². The van der Waals surface area contributed by atoms with Crippen LogP contribution in [0, 0.1) is 11.8 Å². The van der Waals surface area contributed by atoms with Gasteiger partial charge in [0.15, 0.2) is 9.84 Å². The summed E-state index contributed by atoms with van der Waals surface area (Å²) in [5, 5.41) is 8.80. The lowest BCUT2D eigenvalue weighted by Gasteiger charge is -2.39. The Balaban J connectivity index is 1.88. The van der Waals surface area contributed by atoms with E-state index in [4.69, 9.17) is 5.11 Å². The van der Waals surface area contributed by atoms with Crippen LogP contribution in [0.3, 0.4) is 0 Å². The average molecular weight is 233 g/mol. The van der Waals surface area contributed by atoms with E-state index >= 15 is 0 Å². The van der Waals surface area contributed by atoms with Gasteiger partial charge in [-0.15, -0.1) is 0 Å². The summed E-state index contributed by atoms with van der Waals surface area (Å²) >= 11 is 0. The van der Waals surface area contributed by atoms with Gasteiger partial charge in [-0.1, -0.05) is 0 Å². The molecule has 2 aliphatic heterocycles. The van der Waals surface area contributed by atoms with Crippen molar-refractivity contribution in [1.29, 1.82) is 0 Å². The van der Waals surface area contributed by atoms with E-state index in [0.29, 0.717) is 19.5 Å². The van der Waals surface area contributed by atoms with E-state index in [1.54, 1.807) is 4.90 Å². The van der Waals surface area contributed by atoms with Crippen molar-refractivity contribution in [2.75, 3.05) is 31.2 Å². The molecule has 1 amide bonds. The summed E-state index contributed by atoms with van der Waals surface area (Å²) in [6, 6.07) is 0. The first-order valence-corrected chi connectivity index (χ1v) is 6.94. The number of likely N-dealkylation sites (tertiary alicyclic amines) is 1. The molecule has 0 aromatic rings. The Morgan fingerprint density at radius 1 is 1.40 bits per heavy atom. The molecule has 1 unspecified atom stereocenters. The number of sulfone groups is 1. The van der Waals surface area contributed by atoms with Gasteiger partial charge in [0.25, 0.3) is 0 Å². The Bertz CT molecular complexity index is 358. The Kier molecular flexibility index (Phi) is 2.72. The van der Waals surface area contributed by atoms with Gasteiger partial charge >= 0.3 is 0 Å². The lowest BCUT2D eigenvalue weighted by Crippen LogP contribution is -2.53. The lowest BCUT2D eigenvalue weighted by molar-refractivity contribution is -0.142. The number of aliphatic hydroxyl groups is 1.